The van der Waals surface area contributed by atoms with E-state index in [4.69, 9.17) is 23.8 Å². The lowest BCUT2D eigenvalue weighted by Crippen LogP contribution is -2.58. The fourth-order valence-corrected chi connectivity index (χ4v) is 3.04. The summed E-state index contributed by atoms with van der Waals surface area (Å²) >= 11 is 10.9. The number of amides is 2. The van der Waals surface area contributed by atoms with Crippen LogP contribution in [0, 0.1) is 26.1 Å². The lowest BCUT2D eigenvalue weighted by molar-refractivity contribution is -0.393. The minimum atomic E-state index is -1.38. The molecule has 0 aliphatic carbocycles. The van der Waals surface area contributed by atoms with Crippen LogP contribution in [0.1, 0.15) is 0 Å². The number of anilines is 2. The van der Waals surface area contributed by atoms with Crippen LogP contribution in [0.2, 0.25) is 5.02 Å². The van der Waals surface area contributed by atoms with Gasteiger partial charge in [0.15, 0.2) is 11.0 Å². The first-order chi connectivity index (χ1) is 14.7. The zero-order valence-electron chi connectivity index (χ0n) is 15.2. The van der Waals surface area contributed by atoms with Gasteiger partial charge >= 0.3 is 5.69 Å². The van der Waals surface area contributed by atoms with Crippen LogP contribution in [-0.4, -0.2) is 33.0 Å². The molecular weight excluding hydrogens is 452 g/mol. The van der Waals surface area contributed by atoms with Crippen molar-refractivity contribution in [2.75, 3.05) is 10.3 Å². The van der Waals surface area contributed by atoms with Gasteiger partial charge in [0.2, 0.25) is 5.91 Å². The molecule has 0 saturated carbocycles. The number of carbonyl (C=O) groups excluding carboxylic acids is 2. The molecule has 3 rings (SSSR count). The van der Waals surface area contributed by atoms with Crippen LogP contribution in [0.3, 0.4) is 0 Å². The number of hydrogen-bond donors (Lipinski definition) is 2. The third kappa shape index (κ3) is 4.62. The fraction of sp³-hybridized carbons (Fsp3) is 0.0588. The lowest BCUT2D eigenvalue weighted by Gasteiger charge is -2.30. The molecule has 0 unspecified atom stereocenters. The number of nitrogens with one attached hydrogen (secondary N) is 2. The quantitative estimate of drug-likeness (QED) is 0.218. The zero-order valence-corrected chi connectivity index (χ0v) is 16.8. The first kappa shape index (κ1) is 21.7. The first-order valence-electron chi connectivity index (χ1n) is 8.35. The van der Waals surface area contributed by atoms with Crippen LogP contribution >= 0.6 is 23.8 Å². The maximum Gasteiger partial charge on any atom is 0.301 e. The van der Waals surface area contributed by atoms with Crippen molar-refractivity contribution in [3.8, 4) is 0 Å². The number of benzene rings is 2. The van der Waals surface area contributed by atoms with E-state index in [9.17, 15) is 29.8 Å². The number of hydrazone groups is 1. The fourth-order valence-electron chi connectivity index (χ4n) is 2.62. The van der Waals surface area contributed by atoms with Gasteiger partial charge in [-0.3, -0.25) is 40.1 Å². The van der Waals surface area contributed by atoms with E-state index in [1.54, 1.807) is 12.1 Å². The monoisotopic (exact) mass is 462 g/mol. The van der Waals surface area contributed by atoms with Crippen LogP contribution in [0.15, 0.2) is 47.6 Å². The number of nitro benzene ring substituents is 2. The van der Waals surface area contributed by atoms with Crippen molar-refractivity contribution in [2.24, 2.45) is 11.0 Å². The van der Waals surface area contributed by atoms with Crippen LogP contribution in [-0.2, 0) is 9.59 Å². The molecule has 2 aromatic carbocycles. The van der Waals surface area contributed by atoms with E-state index >= 15 is 0 Å². The molecule has 14 heteroatoms. The molecule has 0 bridgehead atoms. The second kappa shape index (κ2) is 8.81. The lowest BCUT2D eigenvalue weighted by atomic mass is 10.1. The summed E-state index contributed by atoms with van der Waals surface area (Å²) in [4.78, 5) is 46.5. The van der Waals surface area contributed by atoms with Crippen molar-refractivity contribution >= 4 is 69.7 Å². The van der Waals surface area contributed by atoms with Crippen molar-refractivity contribution in [1.82, 2.24) is 5.32 Å². The van der Waals surface area contributed by atoms with Gasteiger partial charge in [0.1, 0.15) is 5.69 Å². The van der Waals surface area contributed by atoms with Crippen molar-refractivity contribution < 1.29 is 19.4 Å². The topological polar surface area (TPSA) is 160 Å². The predicted octanol–water partition coefficient (Wildman–Crippen LogP) is 2.62. The van der Waals surface area contributed by atoms with Gasteiger partial charge in [-0.25, -0.2) is 0 Å². The highest BCUT2D eigenvalue weighted by Crippen LogP contribution is 2.29. The van der Waals surface area contributed by atoms with Gasteiger partial charge < -0.3 is 5.32 Å². The molecular formula is C17H11ClN6O6S. The van der Waals surface area contributed by atoms with E-state index < -0.39 is 39.0 Å². The van der Waals surface area contributed by atoms with E-state index in [-0.39, 0.29) is 10.8 Å². The Hall–Kier alpha value is -3.97. The molecule has 31 heavy (non-hydrogen) atoms. The van der Waals surface area contributed by atoms with Crippen LogP contribution in [0.5, 0.6) is 0 Å². The standard InChI is InChI=1S/C17H11ClN6O6S/c18-9-1-3-10(4-2-9)22-16(26)12(15(25)20-17(22)31)8-19-21-13-6-5-11(23(27)28)7-14(13)24(29)30/h1-8,12,21H,(H,20,25,31)/b19-8-/t12-/m0/s1. The molecule has 0 aromatic heterocycles. The van der Waals surface area contributed by atoms with E-state index in [0.29, 0.717) is 10.7 Å². The summed E-state index contributed by atoms with van der Waals surface area (Å²) in [5.74, 6) is -2.81. The molecule has 1 fully saturated rings. The number of nitro groups is 2. The molecule has 12 nitrogen and oxygen atoms in total. The summed E-state index contributed by atoms with van der Waals surface area (Å²) in [6.45, 7) is 0. The highest BCUT2D eigenvalue weighted by molar-refractivity contribution is 7.80. The van der Waals surface area contributed by atoms with Crippen LogP contribution in [0.4, 0.5) is 22.7 Å². The van der Waals surface area contributed by atoms with E-state index in [2.05, 4.69) is 15.8 Å². The Morgan fingerprint density at radius 1 is 1.13 bits per heavy atom. The molecule has 158 valence electrons. The third-order valence-electron chi connectivity index (χ3n) is 4.08. The smallest absolute Gasteiger partial charge is 0.301 e. The molecule has 0 spiro atoms. The Bertz CT molecular complexity index is 1140. The molecule has 2 amide bonds. The van der Waals surface area contributed by atoms with Gasteiger partial charge in [0.25, 0.3) is 11.6 Å². The summed E-state index contributed by atoms with van der Waals surface area (Å²) in [7, 11) is 0. The molecule has 1 atom stereocenters. The second-order valence-electron chi connectivity index (χ2n) is 6.03. The molecule has 1 aliphatic heterocycles. The van der Waals surface area contributed by atoms with Gasteiger partial charge in [0.05, 0.1) is 21.6 Å². The van der Waals surface area contributed by atoms with Crippen molar-refractivity contribution in [3.63, 3.8) is 0 Å². The van der Waals surface area contributed by atoms with Gasteiger partial charge in [-0.2, -0.15) is 5.10 Å². The summed E-state index contributed by atoms with van der Waals surface area (Å²) in [6, 6.07) is 9.06. The summed E-state index contributed by atoms with van der Waals surface area (Å²) in [5.41, 5.74) is 1.45. The summed E-state index contributed by atoms with van der Waals surface area (Å²) < 4.78 is 0. The van der Waals surface area contributed by atoms with Crippen LogP contribution < -0.4 is 15.6 Å². The van der Waals surface area contributed by atoms with Gasteiger partial charge in [-0.1, -0.05) is 11.6 Å². The first-order valence-corrected chi connectivity index (χ1v) is 9.14. The Morgan fingerprint density at radius 3 is 2.42 bits per heavy atom. The Balaban J connectivity index is 1.83. The number of hydrogen-bond acceptors (Lipinski definition) is 9. The maximum absolute atomic E-state index is 12.8. The molecule has 1 aliphatic rings. The zero-order chi connectivity index (χ0) is 22.7. The Morgan fingerprint density at radius 2 is 1.81 bits per heavy atom. The van der Waals surface area contributed by atoms with Crippen molar-refractivity contribution in [2.45, 2.75) is 0 Å². The highest BCUT2D eigenvalue weighted by Gasteiger charge is 2.38. The van der Waals surface area contributed by atoms with E-state index in [0.717, 1.165) is 29.3 Å². The van der Waals surface area contributed by atoms with E-state index in [1.165, 1.54) is 12.1 Å². The highest BCUT2D eigenvalue weighted by atomic mass is 35.5. The number of non-ortho nitro benzene ring substituents is 1. The third-order valence-corrected chi connectivity index (χ3v) is 4.62. The average molecular weight is 463 g/mol. The molecule has 1 heterocycles. The number of halogens is 1. The van der Waals surface area contributed by atoms with Gasteiger partial charge in [-0.15, -0.1) is 0 Å². The Labute approximate surface area is 183 Å². The van der Waals surface area contributed by atoms with E-state index in [1.807, 2.05) is 0 Å². The molecule has 0 radical (unpaired) electrons. The van der Waals surface area contributed by atoms with Crippen LogP contribution in [0.25, 0.3) is 0 Å². The number of thiocarbonyl (C=S) groups is 1. The van der Waals surface area contributed by atoms with Gasteiger partial charge in [0, 0.05) is 17.3 Å². The van der Waals surface area contributed by atoms with Crippen molar-refractivity contribution in [3.05, 3.63) is 67.7 Å². The number of rotatable bonds is 6. The normalized spacial score (nSPS) is 16.4. The number of carbonyl (C=O) groups is 2. The second-order valence-corrected chi connectivity index (χ2v) is 6.85. The largest absolute Gasteiger partial charge is 0.301 e. The van der Waals surface area contributed by atoms with Crippen molar-refractivity contribution in [1.29, 1.82) is 0 Å². The minimum Gasteiger partial charge on any atom is -0.301 e. The number of nitrogens with zero attached hydrogens (tertiary/aromatic N) is 4. The predicted molar refractivity (Wildman–Crippen MR) is 115 cm³/mol. The SMILES string of the molecule is O=C1NC(=S)N(c2ccc(Cl)cc2)C(=O)[C@H]1/C=N\Nc1ccc([N+](=O)[O-])cc1[N+](=O)[O-]. The minimum absolute atomic E-state index is 0.124. The Kier molecular flexibility index (Phi) is 6.17. The average Bonchev–Trinajstić information content (AvgIpc) is 2.71. The molecule has 2 aromatic rings. The summed E-state index contributed by atoms with van der Waals surface area (Å²) in [5, 5.41) is 28.4. The maximum atomic E-state index is 12.8. The molecule has 2 N–H and O–H groups in total. The summed E-state index contributed by atoms with van der Waals surface area (Å²) in [6.07, 6.45) is 0.952. The van der Waals surface area contributed by atoms with Gasteiger partial charge in [-0.05, 0) is 42.5 Å². The molecule has 1 saturated heterocycles.